The third-order valence-corrected chi connectivity index (χ3v) is 4.61. The Morgan fingerprint density at radius 2 is 2.26 bits per heavy atom. The van der Waals surface area contributed by atoms with Gasteiger partial charge in [-0.25, -0.2) is 4.98 Å². The van der Waals surface area contributed by atoms with Crippen LogP contribution in [0.25, 0.3) is 0 Å². The van der Waals surface area contributed by atoms with Crippen LogP contribution in [-0.2, 0) is 11.2 Å². The largest absolute Gasteiger partial charge is 0.389 e. The Kier molecular flexibility index (Phi) is 4.93. The average Bonchev–Trinajstić information content (AvgIpc) is 2.94. The Morgan fingerprint density at radius 1 is 1.53 bits per heavy atom. The zero-order valence-corrected chi connectivity index (χ0v) is 12.3. The number of aromatic nitrogens is 1. The quantitative estimate of drug-likeness (QED) is 0.786. The van der Waals surface area contributed by atoms with Gasteiger partial charge in [0.15, 0.2) is 0 Å². The van der Waals surface area contributed by atoms with Crippen molar-refractivity contribution in [3.8, 4) is 0 Å². The molecule has 4 nitrogen and oxygen atoms in total. The fourth-order valence-electron chi connectivity index (χ4n) is 2.56. The summed E-state index contributed by atoms with van der Waals surface area (Å²) < 4.78 is 0. The summed E-state index contributed by atoms with van der Waals surface area (Å²) in [5.41, 5.74) is 0.323. The zero-order valence-electron chi connectivity index (χ0n) is 11.4. The van der Waals surface area contributed by atoms with E-state index in [1.807, 2.05) is 12.3 Å². The number of thiazole rings is 1. The number of aryl methyl sites for hydroxylation is 2. The standard InChI is InChI=1S/C14H22N2O2S/c1-11-10-19-13(16-11)5-4-8-15-12(17)9-14(18)6-2-3-7-14/h10,18H,2-9H2,1H3,(H,15,17). The lowest BCUT2D eigenvalue weighted by Gasteiger charge is -2.21. The SMILES string of the molecule is Cc1csc(CCCNC(=O)CC2(O)CCCC2)n1. The molecule has 0 aromatic carbocycles. The monoisotopic (exact) mass is 282 g/mol. The number of nitrogens with one attached hydrogen (secondary N) is 1. The number of nitrogens with zero attached hydrogens (tertiary/aromatic N) is 1. The number of carbonyl (C=O) groups is 1. The second kappa shape index (κ2) is 6.48. The minimum absolute atomic E-state index is 0.0280. The van der Waals surface area contributed by atoms with Gasteiger partial charge >= 0.3 is 0 Å². The molecule has 1 aromatic rings. The van der Waals surface area contributed by atoms with Crippen molar-refractivity contribution < 1.29 is 9.90 Å². The number of carbonyl (C=O) groups excluding carboxylic acids is 1. The lowest BCUT2D eigenvalue weighted by Crippen LogP contribution is -2.35. The van der Waals surface area contributed by atoms with E-state index in [1.54, 1.807) is 11.3 Å². The summed E-state index contributed by atoms with van der Waals surface area (Å²) in [7, 11) is 0. The minimum atomic E-state index is -0.740. The highest BCUT2D eigenvalue weighted by Gasteiger charge is 2.33. The average molecular weight is 282 g/mol. The second-order valence-electron chi connectivity index (χ2n) is 5.44. The Balaban J connectivity index is 1.61. The van der Waals surface area contributed by atoms with E-state index in [0.717, 1.165) is 49.2 Å². The molecule has 2 N–H and O–H groups in total. The summed E-state index contributed by atoms with van der Waals surface area (Å²) in [4.78, 5) is 16.1. The van der Waals surface area contributed by atoms with Crippen molar-refractivity contribution in [2.75, 3.05) is 6.54 Å². The first kappa shape index (κ1) is 14.5. The predicted octanol–water partition coefficient (Wildman–Crippen LogP) is 2.20. The summed E-state index contributed by atoms with van der Waals surface area (Å²) in [5.74, 6) is -0.0280. The van der Waals surface area contributed by atoms with Gasteiger partial charge in [-0.15, -0.1) is 11.3 Å². The van der Waals surface area contributed by atoms with Crippen molar-refractivity contribution in [1.82, 2.24) is 10.3 Å². The van der Waals surface area contributed by atoms with Crippen molar-refractivity contribution in [2.45, 2.75) is 57.5 Å². The van der Waals surface area contributed by atoms with Gasteiger partial charge < -0.3 is 10.4 Å². The summed E-state index contributed by atoms with van der Waals surface area (Å²) in [6, 6.07) is 0. The van der Waals surface area contributed by atoms with E-state index in [0.29, 0.717) is 6.54 Å². The van der Waals surface area contributed by atoms with Crippen molar-refractivity contribution in [2.24, 2.45) is 0 Å². The summed E-state index contributed by atoms with van der Waals surface area (Å²) >= 11 is 1.67. The van der Waals surface area contributed by atoms with Crippen molar-refractivity contribution in [3.05, 3.63) is 16.1 Å². The molecular formula is C14H22N2O2S. The van der Waals surface area contributed by atoms with E-state index in [-0.39, 0.29) is 12.3 Å². The molecule has 0 atom stereocenters. The van der Waals surface area contributed by atoms with Crippen LogP contribution in [-0.4, -0.2) is 28.1 Å². The van der Waals surface area contributed by atoms with Crippen molar-refractivity contribution >= 4 is 17.2 Å². The van der Waals surface area contributed by atoms with Gasteiger partial charge in [0.1, 0.15) is 0 Å². The molecular weight excluding hydrogens is 260 g/mol. The van der Waals surface area contributed by atoms with Gasteiger partial charge in [-0.05, 0) is 26.2 Å². The van der Waals surface area contributed by atoms with E-state index in [1.165, 1.54) is 0 Å². The van der Waals surface area contributed by atoms with Crippen LogP contribution in [0.2, 0.25) is 0 Å². The van der Waals surface area contributed by atoms with Crippen LogP contribution < -0.4 is 5.32 Å². The van der Waals surface area contributed by atoms with Crippen molar-refractivity contribution in [1.29, 1.82) is 0 Å². The molecule has 1 aromatic heterocycles. The van der Waals surface area contributed by atoms with E-state index in [9.17, 15) is 9.90 Å². The fourth-order valence-corrected chi connectivity index (χ4v) is 3.37. The first-order valence-electron chi connectivity index (χ1n) is 6.97. The molecule has 5 heteroatoms. The molecule has 0 aliphatic heterocycles. The van der Waals surface area contributed by atoms with Crippen LogP contribution in [0.3, 0.4) is 0 Å². The molecule has 0 saturated heterocycles. The van der Waals surface area contributed by atoms with Gasteiger partial charge in [0.25, 0.3) is 0 Å². The molecule has 1 amide bonds. The number of rotatable bonds is 6. The number of aliphatic hydroxyl groups is 1. The normalized spacial score (nSPS) is 17.6. The molecule has 1 aliphatic carbocycles. The number of hydrogen-bond donors (Lipinski definition) is 2. The topological polar surface area (TPSA) is 62.2 Å². The summed E-state index contributed by atoms with van der Waals surface area (Å²) in [6.45, 7) is 2.65. The van der Waals surface area contributed by atoms with Gasteiger partial charge in [0, 0.05) is 24.0 Å². The maximum Gasteiger partial charge on any atom is 0.222 e. The van der Waals surface area contributed by atoms with Crippen LogP contribution in [0.15, 0.2) is 5.38 Å². The van der Waals surface area contributed by atoms with Crippen LogP contribution in [0.5, 0.6) is 0 Å². The van der Waals surface area contributed by atoms with Gasteiger partial charge in [0.05, 0.1) is 17.0 Å². The van der Waals surface area contributed by atoms with Crippen LogP contribution in [0.1, 0.15) is 49.2 Å². The second-order valence-corrected chi connectivity index (χ2v) is 6.39. The third-order valence-electron chi connectivity index (χ3n) is 3.58. The molecule has 1 saturated carbocycles. The predicted molar refractivity (Wildman–Crippen MR) is 76.2 cm³/mol. The van der Waals surface area contributed by atoms with Crippen LogP contribution in [0, 0.1) is 6.92 Å². The molecule has 1 heterocycles. The van der Waals surface area contributed by atoms with Gasteiger partial charge in [-0.3, -0.25) is 4.79 Å². The van der Waals surface area contributed by atoms with Crippen LogP contribution >= 0.6 is 11.3 Å². The first-order chi connectivity index (χ1) is 9.07. The molecule has 0 unspecified atom stereocenters. The lowest BCUT2D eigenvalue weighted by atomic mass is 9.98. The van der Waals surface area contributed by atoms with E-state index in [2.05, 4.69) is 10.3 Å². The van der Waals surface area contributed by atoms with Crippen molar-refractivity contribution in [3.63, 3.8) is 0 Å². The lowest BCUT2D eigenvalue weighted by molar-refractivity contribution is -0.125. The molecule has 19 heavy (non-hydrogen) atoms. The smallest absolute Gasteiger partial charge is 0.222 e. The molecule has 0 bridgehead atoms. The number of hydrogen-bond acceptors (Lipinski definition) is 4. The van der Waals surface area contributed by atoms with E-state index < -0.39 is 5.60 Å². The van der Waals surface area contributed by atoms with E-state index in [4.69, 9.17) is 0 Å². The maximum absolute atomic E-state index is 11.7. The van der Waals surface area contributed by atoms with Gasteiger partial charge in [-0.1, -0.05) is 12.8 Å². The first-order valence-corrected chi connectivity index (χ1v) is 7.85. The Hall–Kier alpha value is -0.940. The zero-order chi connectivity index (χ0) is 13.7. The minimum Gasteiger partial charge on any atom is -0.389 e. The summed E-state index contributed by atoms with van der Waals surface area (Å²) in [6.07, 6.45) is 5.65. The number of amides is 1. The molecule has 0 radical (unpaired) electrons. The fraction of sp³-hybridized carbons (Fsp3) is 0.714. The third kappa shape index (κ3) is 4.58. The highest BCUT2D eigenvalue weighted by molar-refractivity contribution is 7.09. The van der Waals surface area contributed by atoms with Gasteiger partial charge in [-0.2, -0.15) is 0 Å². The summed E-state index contributed by atoms with van der Waals surface area (Å²) in [5, 5.41) is 16.2. The Labute approximate surface area is 118 Å². The highest BCUT2D eigenvalue weighted by Crippen LogP contribution is 2.32. The molecule has 0 spiro atoms. The molecule has 2 rings (SSSR count). The van der Waals surface area contributed by atoms with Crippen LogP contribution in [0.4, 0.5) is 0 Å². The molecule has 1 aliphatic rings. The maximum atomic E-state index is 11.7. The highest BCUT2D eigenvalue weighted by atomic mass is 32.1. The Morgan fingerprint density at radius 3 is 2.89 bits per heavy atom. The van der Waals surface area contributed by atoms with E-state index >= 15 is 0 Å². The molecule has 106 valence electrons. The molecule has 1 fully saturated rings. The Bertz CT molecular complexity index is 425. The van der Waals surface area contributed by atoms with Gasteiger partial charge in [0.2, 0.25) is 5.91 Å².